The maximum absolute atomic E-state index is 4.29. The van der Waals surface area contributed by atoms with E-state index in [1.807, 2.05) is 0 Å². The fourth-order valence-electron chi connectivity index (χ4n) is 1.36. The monoisotopic (exact) mass is 293 g/mol. The number of thiophene rings is 1. The summed E-state index contributed by atoms with van der Waals surface area (Å²) in [5.74, 6) is 1.62. The second-order valence-corrected chi connectivity index (χ2v) is 5.99. The summed E-state index contributed by atoms with van der Waals surface area (Å²) in [4.78, 5) is 3.75. The molecule has 1 nitrogen and oxygen atoms in total. The summed E-state index contributed by atoms with van der Waals surface area (Å²) in [6, 6.07) is 2.19. The second kappa shape index (κ2) is 6.16. The number of rotatable bonds is 5. The molecule has 80 valence electrons. The van der Waals surface area contributed by atoms with Gasteiger partial charge in [-0.15, -0.1) is 11.3 Å². The van der Waals surface area contributed by atoms with Gasteiger partial charge < -0.3 is 4.90 Å². The predicted octanol–water partition coefficient (Wildman–Crippen LogP) is 3.51. The number of hydrogen-bond acceptors (Lipinski definition) is 3. The normalized spacial score (nSPS) is 13.5. The molecule has 1 atom stereocenters. The van der Waals surface area contributed by atoms with E-state index in [1.165, 1.54) is 9.35 Å². The maximum atomic E-state index is 4.29. The second-order valence-electron chi connectivity index (χ2n) is 3.72. The summed E-state index contributed by atoms with van der Waals surface area (Å²) in [5.41, 5.74) is 0. The van der Waals surface area contributed by atoms with Crippen LogP contribution in [0.4, 0.5) is 0 Å². The molecule has 4 heteroatoms. The van der Waals surface area contributed by atoms with Crippen LogP contribution in [0.2, 0.25) is 0 Å². The SMILES string of the molecule is CC(CS)CN(C)Cc1cc(Br)cs1. The van der Waals surface area contributed by atoms with Crippen molar-refractivity contribution in [3.8, 4) is 0 Å². The third-order valence-corrected chi connectivity index (χ3v) is 4.29. The molecule has 1 rings (SSSR count). The molecule has 0 spiro atoms. The number of thiol groups is 1. The van der Waals surface area contributed by atoms with Gasteiger partial charge in [0.25, 0.3) is 0 Å². The summed E-state index contributed by atoms with van der Waals surface area (Å²) in [6.45, 7) is 4.38. The lowest BCUT2D eigenvalue weighted by Gasteiger charge is -2.19. The molecule has 0 bridgehead atoms. The Balaban J connectivity index is 2.37. The van der Waals surface area contributed by atoms with Gasteiger partial charge in [-0.1, -0.05) is 6.92 Å². The van der Waals surface area contributed by atoms with Gasteiger partial charge in [0.2, 0.25) is 0 Å². The minimum absolute atomic E-state index is 0.659. The highest BCUT2D eigenvalue weighted by Crippen LogP contribution is 2.21. The molecule has 0 saturated carbocycles. The topological polar surface area (TPSA) is 3.24 Å². The van der Waals surface area contributed by atoms with Crippen molar-refractivity contribution in [1.82, 2.24) is 4.90 Å². The molecule has 0 aliphatic carbocycles. The largest absolute Gasteiger partial charge is 0.301 e. The van der Waals surface area contributed by atoms with Crippen LogP contribution in [0.5, 0.6) is 0 Å². The van der Waals surface area contributed by atoms with Crippen molar-refractivity contribution < 1.29 is 0 Å². The summed E-state index contributed by atoms with van der Waals surface area (Å²) in [5, 5.41) is 2.13. The Morgan fingerprint density at radius 2 is 2.36 bits per heavy atom. The Hall–Kier alpha value is 0.490. The summed E-state index contributed by atoms with van der Waals surface area (Å²) in [6.07, 6.45) is 0. The Morgan fingerprint density at radius 3 is 2.86 bits per heavy atom. The van der Waals surface area contributed by atoms with Gasteiger partial charge in [-0.25, -0.2) is 0 Å². The van der Waals surface area contributed by atoms with Crippen LogP contribution in [-0.2, 0) is 6.54 Å². The molecule has 14 heavy (non-hydrogen) atoms. The smallest absolute Gasteiger partial charge is 0.0325 e. The zero-order chi connectivity index (χ0) is 10.6. The molecule has 0 N–H and O–H groups in total. The maximum Gasteiger partial charge on any atom is 0.0325 e. The Bertz CT molecular complexity index is 275. The van der Waals surface area contributed by atoms with E-state index in [0.717, 1.165) is 18.8 Å². The highest BCUT2D eigenvalue weighted by atomic mass is 79.9. The minimum atomic E-state index is 0.659. The zero-order valence-electron chi connectivity index (χ0n) is 8.53. The lowest BCUT2D eigenvalue weighted by atomic mass is 10.2. The van der Waals surface area contributed by atoms with E-state index in [2.05, 4.69) is 58.9 Å². The van der Waals surface area contributed by atoms with Gasteiger partial charge in [0.15, 0.2) is 0 Å². The quantitative estimate of drug-likeness (QED) is 0.813. The fraction of sp³-hybridized carbons (Fsp3) is 0.600. The molecule has 0 saturated heterocycles. The van der Waals surface area contributed by atoms with E-state index >= 15 is 0 Å². The average molecular weight is 294 g/mol. The van der Waals surface area contributed by atoms with Crippen molar-refractivity contribution in [3.05, 3.63) is 20.8 Å². The molecule has 1 aromatic heterocycles. The first-order chi connectivity index (χ1) is 6.61. The van der Waals surface area contributed by atoms with Crippen LogP contribution >= 0.6 is 39.9 Å². The van der Waals surface area contributed by atoms with E-state index in [1.54, 1.807) is 11.3 Å². The highest BCUT2D eigenvalue weighted by Gasteiger charge is 2.06. The van der Waals surface area contributed by atoms with E-state index in [9.17, 15) is 0 Å². The van der Waals surface area contributed by atoms with Crippen molar-refractivity contribution in [2.45, 2.75) is 13.5 Å². The van der Waals surface area contributed by atoms with Gasteiger partial charge in [-0.3, -0.25) is 0 Å². The lowest BCUT2D eigenvalue weighted by Crippen LogP contribution is -2.24. The molecule has 0 fully saturated rings. The van der Waals surface area contributed by atoms with Crippen molar-refractivity contribution in [2.24, 2.45) is 5.92 Å². The van der Waals surface area contributed by atoms with Gasteiger partial charge in [0.1, 0.15) is 0 Å². The first-order valence-electron chi connectivity index (χ1n) is 4.64. The zero-order valence-corrected chi connectivity index (χ0v) is 11.8. The molecular weight excluding hydrogens is 278 g/mol. The first kappa shape index (κ1) is 12.6. The van der Waals surface area contributed by atoms with E-state index in [0.29, 0.717) is 5.92 Å². The molecule has 0 aliphatic rings. The van der Waals surface area contributed by atoms with Gasteiger partial charge in [0.05, 0.1) is 0 Å². The van der Waals surface area contributed by atoms with Crippen molar-refractivity contribution in [3.63, 3.8) is 0 Å². The van der Waals surface area contributed by atoms with Crippen molar-refractivity contribution in [1.29, 1.82) is 0 Å². The molecule has 1 aromatic rings. The van der Waals surface area contributed by atoms with Crippen LogP contribution < -0.4 is 0 Å². The van der Waals surface area contributed by atoms with E-state index in [-0.39, 0.29) is 0 Å². The first-order valence-corrected chi connectivity index (χ1v) is 6.94. The predicted molar refractivity (Wildman–Crippen MR) is 71.4 cm³/mol. The standard InChI is InChI=1S/C10H16BrNS2/c1-8(6-13)4-12(2)5-10-3-9(11)7-14-10/h3,7-8,13H,4-6H2,1-2H3. The summed E-state index contributed by atoms with van der Waals surface area (Å²) in [7, 11) is 2.16. The minimum Gasteiger partial charge on any atom is -0.301 e. The van der Waals surface area contributed by atoms with Gasteiger partial charge in [0, 0.05) is 27.8 Å². The molecule has 0 aromatic carbocycles. The Labute approximate surface area is 104 Å². The third-order valence-electron chi connectivity index (χ3n) is 1.98. The summed E-state index contributed by atoms with van der Waals surface area (Å²) >= 11 is 9.56. The van der Waals surface area contributed by atoms with E-state index < -0.39 is 0 Å². The van der Waals surface area contributed by atoms with Crippen LogP contribution in [-0.4, -0.2) is 24.2 Å². The molecule has 0 amide bonds. The number of halogens is 1. The average Bonchev–Trinajstić information content (AvgIpc) is 2.50. The van der Waals surface area contributed by atoms with E-state index in [4.69, 9.17) is 0 Å². The molecule has 1 heterocycles. The van der Waals surface area contributed by atoms with Crippen LogP contribution in [0, 0.1) is 5.92 Å². The van der Waals surface area contributed by atoms with Crippen LogP contribution in [0.25, 0.3) is 0 Å². The molecule has 0 radical (unpaired) electrons. The third kappa shape index (κ3) is 4.34. The van der Waals surface area contributed by atoms with Gasteiger partial charge >= 0.3 is 0 Å². The van der Waals surface area contributed by atoms with Crippen LogP contribution in [0.1, 0.15) is 11.8 Å². The molecule has 1 unspecified atom stereocenters. The highest BCUT2D eigenvalue weighted by molar-refractivity contribution is 9.10. The van der Waals surface area contributed by atoms with Crippen LogP contribution in [0.3, 0.4) is 0 Å². The van der Waals surface area contributed by atoms with Gasteiger partial charge in [-0.05, 0) is 40.7 Å². The van der Waals surface area contributed by atoms with Crippen molar-refractivity contribution in [2.75, 3.05) is 19.3 Å². The Kier molecular flexibility index (Phi) is 5.52. The lowest BCUT2D eigenvalue weighted by molar-refractivity contribution is 0.293. The Morgan fingerprint density at radius 1 is 1.64 bits per heavy atom. The fourth-order valence-corrected chi connectivity index (χ4v) is 3.00. The molecular formula is C10H16BrNS2. The number of nitrogens with zero attached hydrogens (tertiary/aromatic N) is 1. The molecule has 0 aliphatic heterocycles. The van der Waals surface area contributed by atoms with Crippen molar-refractivity contribution >= 4 is 39.9 Å². The van der Waals surface area contributed by atoms with Crippen LogP contribution in [0.15, 0.2) is 15.9 Å². The van der Waals surface area contributed by atoms with Gasteiger partial charge in [-0.2, -0.15) is 12.6 Å². The number of hydrogen-bond donors (Lipinski definition) is 1. The summed E-state index contributed by atoms with van der Waals surface area (Å²) < 4.78 is 1.19.